The average molecular weight is 373 g/mol. The van der Waals surface area contributed by atoms with E-state index in [0.717, 1.165) is 33.0 Å². The molecule has 1 aromatic heterocycles. The van der Waals surface area contributed by atoms with Crippen LogP contribution >= 0.6 is 22.9 Å². The highest BCUT2D eigenvalue weighted by Crippen LogP contribution is 2.44. The summed E-state index contributed by atoms with van der Waals surface area (Å²) in [5.41, 5.74) is 1.34. The molecule has 24 heavy (non-hydrogen) atoms. The fourth-order valence-electron chi connectivity index (χ4n) is 3.42. The van der Waals surface area contributed by atoms with Crippen LogP contribution in [-0.4, -0.2) is 0 Å². The van der Waals surface area contributed by atoms with Crippen molar-refractivity contribution in [2.75, 3.05) is 0 Å². The summed E-state index contributed by atoms with van der Waals surface area (Å²) >= 11 is 8.34. The molecule has 1 aliphatic carbocycles. The zero-order valence-corrected chi connectivity index (χ0v) is 15.1. The van der Waals surface area contributed by atoms with Crippen molar-refractivity contribution in [3.05, 3.63) is 46.3 Å². The molecule has 0 radical (unpaired) electrons. The van der Waals surface area contributed by atoms with Gasteiger partial charge in [-0.2, -0.15) is 13.2 Å². The lowest BCUT2D eigenvalue weighted by molar-refractivity contribution is -0.137. The predicted molar refractivity (Wildman–Crippen MR) is 94.7 cm³/mol. The third-order valence-corrected chi connectivity index (χ3v) is 6.52. The van der Waals surface area contributed by atoms with E-state index in [1.165, 1.54) is 32.1 Å². The van der Waals surface area contributed by atoms with Crippen LogP contribution in [0.3, 0.4) is 0 Å². The van der Waals surface area contributed by atoms with Gasteiger partial charge in [0.2, 0.25) is 0 Å². The van der Waals surface area contributed by atoms with Crippen LogP contribution in [0, 0.1) is 12.8 Å². The minimum atomic E-state index is -4.29. The highest BCUT2D eigenvalue weighted by atomic mass is 35.5. The van der Waals surface area contributed by atoms with E-state index in [-0.39, 0.29) is 5.38 Å². The fraction of sp³-hybridized carbons (Fsp3) is 0.474. The second kappa shape index (κ2) is 7.09. The van der Waals surface area contributed by atoms with Gasteiger partial charge in [-0.3, -0.25) is 0 Å². The summed E-state index contributed by atoms with van der Waals surface area (Å²) in [6, 6.07) is 7.44. The van der Waals surface area contributed by atoms with E-state index in [0.29, 0.717) is 5.92 Å². The molecule has 130 valence electrons. The van der Waals surface area contributed by atoms with Crippen LogP contribution in [0.5, 0.6) is 0 Å². The second-order valence-corrected chi connectivity index (χ2v) is 8.22. The minimum absolute atomic E-state index is 0.00440. The summed E-state index contributed by atoms with van der Waals surface area (Å²) in [6.07, 6.45) is 1.81. The molecule has 3 rings (SSSR count). The van der Waals surface area contributed by atoms with Crippen molar-refractivity contribution in [2.45, 2.75) is 50.6 Å². The Kier molecular flexibility index (Phi) is 5.26. The topological polar surface area (TPSA) is 0 Å². The molecule has 1 heterocycles. The number of rotatable bonds is 3. The van der Waals surface area contributed by atoms with Crippen molar-refractivity contribution in [3.63, 3.8) is 0 Å². The number of hydrogen-bond acceptors (Lipinski definition) is 1. The Hall–Kier alpha value is -1.00. The van der Waals surface area contributed by atoms with Gasteiger partial charge in [-0.25, -0.2) is 0 Å². The number of alkyl halides is 4. The van der Waals surface area contributed by atoms with E-state index < -0.39 is 11.7 Å². The Morgan fingerprint density at radius 2 is 1.71 bits per heavy atom. The smallest absolute Gasteiger partial charge is 0.166 e. The maximum absolute atomic E-state index is 12.7. The number of benzene rings is 1. The van der Waals surface area contributed by atoms with Gasteiger partial charge < -0.3 is 0 Å². The standard InChI is InChI=1S/C19H20ClF3S/c1-12-16(18(20)14-5-3-2-4-6-14)11-17(24-12)13-7-9-15(10-8-13)19(21,22)23/h7-11,14,18H,2-6H2,1H3. The molecule has 1 aliphatic rings. The first-order valence-electron chi connectivity index (χ1n) is 8.28. The van der Waals surface area contributed by atoms with Gasteiger partial charge in [0.25, 0.3) is 0 Å². The van der Waals surface area contributed by atoms with Crippen LogP contribution in [0.1, 0.15) is 53.5 Å². The van der Waals surface area contributed by atoms with Crippen molar-refractivity contribution < 1.29 is 13.2 Å². The number of halogens is 4. The van der Waals surface area contributed by atoms with Crippen molar-refractivity contribution in [1.29, 1.82) is 0 Å². The predicted octanol–water partition coefficient (Wildman–Crippen LogP) is 7.60. The fourth-order valence-corrected chi connectivity index (χ4v) is 5.03. The zero-order valence-electron chi connectivity index (χ0n) is 13.5. The molecule has 0 spiro atoms. The molecule has 0 amide bonds. The molecule has 0 N–H and O–H groups in total. The summed E-state index contributed by atoms with van der Waals surface area (Å²) in [5.74, 6) is 0.508. The minimum Gasteiger partial charge on any atom is -0.166 e. The van der Waals surface area contributed by atoms with Crippen LogP contribution in [0.25, 0.3) is 10.4 Å². The first kappa shape index (κ1) is 17.8. The Morgan fingerprint density at radius 1 is 1.08 bits per heavy atom. The zero-order chi connectivity index (χ0) is 17.3. The molecule has 0 saturated heterocycles. The third-order valence-electron chi connectivity index (χ3n) is 4.81. The summed E-state index contributed by atoms with van der Waals surface area (Å²) in [5, 5.41) is 0.00440. The molecule has 1 aromatic carbocycles. The van der Waals surface area contributed by atoms with Crippen LogP contribution in [0.2, 0.25) is 0 Å². The lowest BCUT2D eigenvalue weighted by atomic mass is 9.84. The van der Waals surface area contributed by atoms with Crippen LogP contribution in [-0.2, 0) is 6.18 Å². The maximum atomic E-state index is 12.7. The van der Waals surface area contributed by atoms with E-state index >= 15 is 0 Å². The van der Waals surface area contributed by atoms with E-state index in [1.807, 2.05) is 6.92 Å². The van der Waals surface area contributed by atoms with Crippen LogP contribution in [0.4, 0.5) is 13.2 Å². The molecule has 5 heteroatoms. The largest absolute Gasteiger partial charge is 0.416 e. The SMILES string of the molecule is Cc1sc(-c2ccc(C(F)(F)F)cc2)cc1C(Cl)C1CCCCC1. The first-order chi connectivity index (χ1) is 11.4. The monoisotopic (exact) mass is 372 g/mol. The van der Waals surface area contributed by atoms with Gasteiger partial charge in [0.05, 0.1) is 10.9 Å². The molecule has 0 aliphatic heterocycles. The Morgan fingerprint density at radius 3 is 2.29 bits per heavy atom. The second-order valence-electron chi connectivity index (χ2n) is 6.50. The van der Waals surface area contributed by atoms with Gasteiger partial charge >= 0.3 is 6.18 Å². The Balaban J connectivity index is 1.83. The highest BCUT2D eigenvalue weighted by Gasteiger charge is 2.30. The first-order valence-corrected chi connectivity index (χ1v) is 9.53. The average Bonchev–Trinajstić information content (AvgIpc) is 2.96. The number of thiophene rings is 1. The molecular formula is C19H20ClF3S. The van der Waals surface area contributed by atoms with Gasteiger partial charge in [0.1, 0.15) is 0 Å². The Labute approximate surface area is 149 Å². The van der Waals surface area contributed by atoms with E-state index in [1.54, 1.807) is 23.5 Å². The Bertz CT molecular complexity index is 682. The summed E-state index contributed by atoms with van der Waals surface area (Å²) in [4.78, 5) is 2.15. The van der Waals surface area contributed by atoms with Gasteiger partial charge in [0, 0.05) is 9.75 Å². The van der Waals surface area contributed by atoms with Crippen molar-refractivity contribution in [2.24, 2.45) is 5.92 Å². The highest BCUT2D eigenvalue weighted by molar-refractivity contribution is 7.15. The van der Waals surface area contributed by atoms with Crippen molar-refractivity contribution >= 4 is 22.9 Å². The van der Waals surface area contributed by atoms with Gasteiger partial charge in [0.15, 0.2) is 0 Å². The normalized spacial score (nSPS) is 17.9. The van der Waals surface area contributed by atoms with E-state index in [2.05, 4.69) is 6.07 Å². The number of hydrogen-bond donors (Lipinski definition) is 0. The lowest BCUT2D eigenvalue weighted by Crippen LogP contribution is -2.12. The number of aryl methyl sites for hydroxylation is 1. The van der Waals surface area contributed by atoms with Crippen LogP contribution < -0.4 is 0 Å². The molecule has 1 unspecified atom stereocenters. The molecule has 1 saturated carbocycles. The molecular weight excluding hydrogens is 353 g/mol. The van der Waals surface area contributed by atoms with Gasteiger partial charge in [-0.1, -0.05) is 31.4 Å². The summed E-state index contributed by atoms with van der Waals surface area (Å²) < 4.78 is 38.1. The molecule has 1 atom stereocenters. The maximum Gasteiger partial charge on any atom is 0.416 e. The van der Waals surface area contributed by atoms with Gasteiger partial charge in [-0.05, 0) is 55.0 Å². The van der Waals surface area contributed by atoms with E-state index in [9.17, 15) is 13.2 Å². The lowest BCUT2D eigenvalue weighted by Gasteiger charge is -2.26. The third kappa shape index (κ3) is 3.80. The van der Waals surface area contributed by atoms with Gasteiger partial charge in [-0.15, -0.1) is 22.9 Å². The summed E-state index contributed by atoms with van der Waals surface area (Å²) in [6.45, 7) is 2.05. The summed E-state index contributed by atoms with van der Waals surface area (Å²) in [7, 11) is 0. The quantitative estimate of drug-likeness (QED) is 0.486. The molecule has 0 bridgehead atoms. The van der Waals surface area contributed by atoms with Crippen LogP contribution in [0.15, 0.2) is 30.3 Å². The molecule has 2 aromatic rings. The molecule has 0 nitrogen and oxygen atoms in total. The van der Waals surface area contributed by atoms with Crippen molar-refractivity contribution in [1.82, 2.24) is 0 Å². The van der Waals surface area contributed by atoms with Crippen molar-refractivity contribution in [3.8, 4) is 10.4 Å². The molecule has 1 fully saturated rings. The van der Waals surface area contributed by atoms with E-state index in [4.69, 9.17) is 11.6 Å².